The van der Waals surface area contributed by atoms with Gasteiger partial charge in [0.15, 0.2) is 6.10 Å². The van der Waals surface area contributed by atoms with Crippen LogP contribution in [-0.2, 0) is 9.59 Å². The Kier molecular flexibility index (Phi) is 6.12. The zero-order valence-electron chi connectivity index (χ0n) is 15.6. The second-order valence-corrected chi connectivity index (χ2v) is 6.45. The second kappa shape index (κ2) is 8.91. The van der Waals surface area contributed by atoms with E-state index in [4.69, 9.17) is 4.74 Å². The van der Waals surface area contributed by atoms with Crippen LogP contribution in [0.1, 0.15) is 18.9 Å². The van der Waals surface area contributed by atoms with Gasteiger partial charge in [-0.1, -0.05) is 31.2 Å². The summed E-state index contributed by atoms with van der Waals surface area (Å²) in [5.74, 6) is 0.0966. The topological polar surface area (TPSA) is 94.5 Å². The minimum absolute atomic E-state index is 0.0394. The number of nitrogens with one attached hydrogen (secondary N) is 2. The number of nitrogens with zero attached hydrogens (tertiary/aromatic N) is 2. The summed E-state index contributed by atoms with van der Waals surface area (Å²) in [6, 6.07) is 16.2. The summed E-state index contributed by atoms with van der Waals surface area (Å²) in [6.45, 7) is 2.86. The van der Waals surface area contributed by atoms with Crippen LogP contribution >= 0.6 is 0 Å². The summed E-state index contributed by atoms with van der Waals surface area (Å²) in [5, 5.41) is 14.8. The molecule has 1 atom stereocenters. The summed E-state index contributed by atoms with van der Waals surface area (Å²) >= 11 is 0. The van der Waals surface area contributed by atoms with E-state index in [0.29, 0.717) is 23.5 Å². The standard InChI is InChI=1S/C21H22N4O3/c1-2-11-23-21(27)19-13-25(17-9-5-6-10-18(17)28-19)14-20(26)24-16-8-4-3-7-15(16)12-22/h3-10,19H,2,11,13-14H2,1H3,(H,23,27)(H,24,26)/t19-/m0/s1. The molecule has 0 spiro atoms. The van der Waals surface area contributed by atoms with Gasteiger partial charge in [0.2, 0.25) is 5.91 Å². The highest BCUT2D eigenvalue weighted by Crippen LogP contribution is 2.33. The highest BCUT2D eigenvalue weighted by atomic mass is 16.5. The predicted octanol–water partition coefficient (Wildman–Crippen LogP) is 2.29. The smallest absolute Gasteiger partial charge is 0.262 e. The van der Waals surface area contributed by atoms with Gasteiger partial charge in [-0.25, -0.2) is 0 Å². The van der Waals surface area contributed by atoms with Gasteiger partial charge in [0.05, 0.1) is 30.0 Å². The maximum atomic E-state index is 12.6. The van der Waals surface area contributed by atoms with Gasteiger partial charge < -0.3 is 20.3 Å². The van der Waals surface area contributed by atoms with Gasteiger partial charge >= 0.3 is 0 Å². The molecule has 0 saturated heterocycles. The minimum Gasteiger partial charge on any atom is -0.477 e. The molecule has 28 heavy (non-hydrogen) atoms. The Bertz CT molecular complexity index is 907. The normalized spacial score (nSPS) is 15.0. The van der Waals surface area contributed by atoms with E-state index < -0.39 is 6.10 Å². The van der Waals surface area contributed by atoms with Crippen LogP contribution in [0.5, 0.6) is 5.75 Å². The van der Waals surface area contributed by atoms with Crippen LogP contribution in [0.3, 0.4) is 0 Å². The maximum absolute atomic E-state index is 12.6. The number of amides is 2. The molecule has 7 heteroatoms. The molecular formula is C21H22N4O3. The number of ether oxygens (including phenoxy) is 1. The van der Waals surface area contributed by atoms with Gasteiger partial charge in [0.25, 0.3) is 5.91 Å². The van der Waals surface area contributed by atoms with Crippen LogP contribution < -0.4 is 20.3 Å². The van der Waals surface area contributed by atoms with Gasteiger partial charge in [-0.3, -0.25) is 9.59 Å². The SMILES string of the molecule is CCCNC(=O)[C@@H]1CN(CC(=O)Nc2ccccc2C#N)c2ccccc2O1. The molecule has 144 valence electrons. The van der Waals surface area contributed by atoms with Gasteiger partial charge in [-0.2, -0.15) is 5.26 Å². The fourth-order valence-corrected chi connectivity index (χ4v) is 3.01. The van der Waals surface area contributed by atoms with Crippen molar-refractivity contribution in [1.29, 1.82) is 5.26 Å². The van der Waals surface area contributed by atoms with Crippen molar-refractivity contribution in [1.82, 2.24) is 5.32 Å². The van der Waals surface area contributed by atoms with E-state index in [-0.39, 0.29) is 24.9 Å². The number of benzene rings is 2. The van der Waals surface area contributed by atoms with E-state index in [1.807, 2.05) is 30.0 Å². The summed E-state index contributed by atoms with van der Waals surface area (Å²) in [6.07, 6.45) is 0.139. The lowest BCUT2D eigenvalue weighted by atomic mass is 10.1. The first-order valence-electron chi connectivity index (χ1n) is 9.19. The summed E-state index contributed by atoms with van der Waals surface area (Å²) < 4.78 is 5.83. The van der Waals surface area contributed by atoms with E-state index in [1.165, 1.54) is 0 Å². The zero-order valence-corrected chi connectivity index (χ0v) is 15.6. The van der Waals surface area contributed by atoms with Crippen LogP contribution in [0.2, 0.25) is 0 Å². The van der Waals surface area contributed by atoms with E-state index >= 15 is 0 Å². The Morgan fingerprint density at radius 3 is 2.75 bits per heavy atom. The number of fused-ring (bicyclic) bond motifs is 1. The average molecular weight is 378 g/mol. The van der Waals surface area contributed by atoms with Crippen molar-refractivity contribution in [3.8, 4) is 11.8 Å². The van der Waals surface area contributed by atoms with Crippen LogP contribution in [0.4, 0.5) is 11.4 Å². The number of nitriles is 1. The molecule has 1 aliphatic heterocycles. The highest BCUT2D eigenvalue weighted by Gasteiger charge is 2.31. The molecule has 3 rings (SSSR count). The van der Waals surface area contributed by atoms with Crippen molar-refractivity contribution in [3.05, 3.63) is 54.1 Å². The largest absolute Gasteiger partial charge is 0.477 e. The average Bonchev–Trinajstić information content (AvgIpc) is 2.72. The molecule has 7 nitrogen and oxygen atoms in total. The van der Waals surface area contributed by atoms with E-state index in [0.717, 1.165) is 12.1 Å². The number of hydrogen-bond acceptors (Lipinski definition) is 5. The van der Waals surface area contributed by atoms with Crippen LogP contribution in [0, 0.1) is 11.3 Å². The van der Waals surface area contributed by atoms with E-state index in [2.05, 4.69) is 16.7 Å². The zero-order chi connectivity index (χ0) is 19.9. The summed E-state index contributed by atoms with van der Waals surface area (Å²) in [4.78, 5) is 26.8. The molecule has 1 aliphatic rings. The third-order valence-corrected chi connectivity index (χ3v) is 4.36. The van der Waals surface area contributed by atoms with E-state index in [9.17, 15) is 14.9 Å². The molecule has 0 saturated carbocycles. The molecule has 0 unspecified atom stereocenters. The van der Waals surface area contributed by atoms with Crippen LogP contribution in [0.25, 0.3) is 0 Å². The molecule has 0 aliphatic carbocycles. The van der Waals surface area contributed by atoms with Crippen molar-refractivity contribution in [2.45, 2.75) is 19.4 Å². The molecule has 0 fully saturated rings. The quantitative estimate of drug-likeness (QED) is 0.804. The van der Waals surface area contributed by atoms with Crippen LogP contribution in [0.15, 0.2) is 48.5 Å². The molecule has 2 aromatic carbocycles. The highest BCUT2D eigenvalue weighted by molar-refractivity contribution is 5.96. The summed E-state index contributed by atoms with van der Waals surface area (Å²) in [5.41, 5.74) is 1.62. The first-order chi connectivity index (χ1) is 13.6. The molecule has 0 bridgehead atoms. The third kappa shape index (κ3) is 4.41. The Balaban J connectivity index is 1.75. The predicted molar refractivity (Wildman–Crippen MR) is 106 cm³/mol. The fraction of sp³-hybridized carbons (Fsp3) is 0.286. The number of carbonyl (C=O) groups is 2. The van der Waals surface area contributed by atoms with Gasteiger partial charge in [0.1, 0.15) is 11.8 Å². The number of para-hydroxylation sites is 3. The fourth-order valence-electron chi connectivity index (χ4n) is 3.01. The molecule has 0 radical (unpaired) electrons. The first-order valence-corrected chi connectivity index (χ1v) is 9.19. The number of hydrogen-bond donors (Lipinski definition) is 2. The minimum atomic E-state index is -0.694. The maximum Gasteiger partial charge on any atom is 0.262 e. The first kappa shape index (κ1) is 19.2. The van der Waals surface area contributed by atoms with Crippen molar-refractivity contribution >= 4 is 23.2 Å². The van der Waals surface area contributed by atoms with Crippen molar-refractivity contribution in [2.24, 2.45) is 0 Å². The second-order valence-electron chi connectivity index (χ2n) is 6.45. The van der Waals surface area contributed by atoms with Crippen molar-refractivity contribution in [3.63, 3.8) is 0 Å². The van der Waals surface area contributed by atoms with Gasteiger partial charge in [0, 0.05) is 6.54 Å². The molecular weight excluding hydrogens is 356 g/mol. The van der Waals surface area contributed by atoms with Crippen molar-refractivity contribution in [2.75, 3.05) is 29.9 Å². The molecule has 1 heterocycles. The Morgan fingerprint density at radius 1 is 1.21 bits per heavy atom. The lowest BCUT2D eigenvalue weighted by Gasteiger charge is -2.35. The Hall–Kier alpha value is -3.53. The Labute approximate surface area is 163 Å². The lowest BCUT2D eigenvalue weighted by Crippen LogP contribution is -2.50. The number of carbonyl (C=O) groups excluding carboxylic acids is 2. The summed E-state index contributed by atoms with van der Waals surface area (Å²) in [7, 11) is 0. The molecule has 0 aromatic heterocycles. The number of rotatable bonds is 6. The van der Waals surface area contributed by atoms with Gasteiger partial charge in [-0.15, -0.1) is 0 Å². The molecule has 2 N–H and O–H groups in total. The monoisotopic (exact) mass is 378 g/mol. The van der Waals surface area contributed by atoms with Gasteiger partial charge in [-0.05, 0) is 30.7 Å². The van der Waals surface area contributed by atoms with Crippen molar-refractivity contribution < 1.29 is 14.3 Å². The van der Waals surface area contributed by atoms with E-state index in [1.54, 1.807) is 30.3 Å². The van der Waals surface area contributed by atoms with Crippen LogP contribution in [-0.4, -0.2) is 37.6 Å². The Morgan fingerprint density at radius 2 is 1.96 bits per heavy atom. The lowest BCUT2D eigenvalue weighted by molar-refractivity contribution is -0.128. The molecule has 2 aromatic rings. The molecule has 2 amide bonds. The number of anilines is 2. The third-order valence-electron chi connectivity index (χ3n) is 4.36.